The van der Waals surface area contributed by atoms with Crippen LogP contribution in [0, 0.1) is 11.8 Å². The van der Waals surface area contributed by atoms with E-state index in [0.29, 0.717) is 0 Å². The second-order valence-corrected chi connectivity index (χ2v) is 4.21. The monoisotopic (exact) mass is 271 g/mol. The fourth-order valence-corrected chi connectivity index (χ4v) is 2.11. The topological polar surface area (TPSA) is 93.1 Å². The van der Waals surface area contributed by atoms with Crippen LogP contribution in [0.3, 0.4) is 0 Å². The highest BCUT2D eigenvalue weighted by Gasteiger charge is 2.48. The van der Waals surface area contributed by atoms with E-state index in [1.54, 1.807) is 0 Å². The zero-order chi connectivity index (χ0) is 14.7. The van der Waals surface area contributed by atoms with E-state index in [9.17, 15) is 19.5 Å². The summed E-state index contributed by atoms with van der Waals surface area (Å²) in [6.07, 6.45) is -0.0104. The lowest BCUT2D eigenvalue weighted by molar-refractivity contribution is -0.179. The molecule has 0 saturated carbocycles. The predicted octanol–water partition coefficient (Wildman–Crippen LogP) is -0.698. The Hall–Kier alpha value is -1.73. The van der Waals surface area contributed by atoms with Crippen molar-refractivity contribution in [3.8, 4) is 0 Å². The number of hydrogen-bond acceptors (Lipinski definition) is 6. The van der Waals surface area contributed by atoms with Gasteiger partial charge in [0, 0.05) is 12.6 Å². The fourth-order valence-electron chi connectivity index (χ4n) is 2.11. The van der Waals surface area contributed by atoms with Crippen LogP contribution in [0.4, 0.5) is 0 Å². The lowest BCUT2D eigenvalue weighted by atomic mass is 9.88. The number of nitrogens with zero attached hydrogens (tertiary/aromatic N) is 1. The van der Waals surface area contributed by atoms with Gasteiger partial charge >= 0.3 is 5.97 Å². The van der Waals surface area contributed by atoms with E-state index >= 15 is 0 Å². The average Bonchev–Trinajstić information content (AvgIpc) is 2.73. The first-order valence-electron chi connectivity index (χ1n) is 5.65. The number of Topliss-reactive ketones (excluding diaryl/α,β-unsaturated/α-hetero) is 1. The third-order valence-electron chi connectivity index (χ3n) is 3.14. The van der Waals surface area contributed by atoms with Crippen molar-refractivity contribution >= 4 is 17.7 Å². The number of carbonyl (C=O) groups excluding carboxylic acids is 3. The molecular weight excluding hydrogens is 254 g/mol. The van der Waals surface area contributed by atoms with E-state index in [2.05, 4.69) is 4.74 Å². The van der Waals surface area contributed by atoms with E-state index in [0.717, 1.165) is 12.2 Å². The van der Waals surface area contributed by atoms with Crippen molar-refractivity contribution in [3.05, 3.63) is 11.6 Å². The lowest BCUT2D eigenvalue weighted by Crippen LogP contribution is -2.42. The van der Waals surface area contributed by atoms with Crippen LogP contribution in [0.5, 0.6) is 0 Å². The third-order valence-corrected chi connectivity index (χ3v) is 3.14. The molecule has 1 aliphatic rings. The molecule has 0 aromatic carbocycles. The molecule has 1 unspecified atom stereocenters. The van der Waals surface area contributed by atoms with Gasteiger partial charge in [-0.15, -0.1) is 0 Å². The summed E-state index contributed by atoms with van der Waals surface area (Å²) in [6, 6.07) is 0. The van der Waals surface area contributed by atoms with E-state index in [4.69, 9.17) is 4.84 Å². The van der Waals surface area contributed by atoms with Crippen LogP contribution in [0.2, 0.25) is 0 Å². The van der Waals surface area contributed by atoms with E-state index in [1.165, 1.54) is 27.2 Å². The van der Waals surface area contributed by atoms with Crippen LogP contribution < -0.4 is 0 Å². The van der Waals surface area contributed by atoms with Crippen LogP contribution in [-0.4, -0.2) is 55.2 Å². The Morgan fingerprint density at radius 1 is 1.32 bits per heavy atom. The summed E-state index contributed by atoms with van der Waals surface area (Å²) in [7, 11) is 3.80. The summed E-state index contributed by atoms with van der Waals surface area (Å²) in [4.78, 5) is 40.1. The zero-order valence-electron chi connectivity index (χ0n) is 11.2. The number of carbonyl (C=O) groups is 3. The fraction of sp³-hybridized carbons (Fsp3) is 0.583. The Morgan fingerprint density at radius 3 is 2.32 bits per heavy atom. The molecule has 0 heterocycles. The van der Waals surface area contributed by atoms with Crippen molar-refractivity contribution in [2.75, 3.05) is 21.3 Å². The number of aliphatic hydroxyl groups excluding tert-OH is 1. The summed E-state index contributed by atoms with van der Waals surface area (Å²) in [5.74, 6) is -3.94. The minimum Gasteiger partial charge on any atom is -0.469 e. The number of hydroxylamine groups is 2. The first-order chi connectivity index (χ1) is 8.84. The van der Waals surface area contributed by atoms with Crippen LogP contribution in [0.25, 0.3) is 0 Å². The first kappa shape index (κ1) is 15.3. The molecule has 0 aromatic rings. The number of ketones is 1. The molecule has 0 aliphatic heterocycles. The van der Waals surface area contributed by atoms with Crippen molar-refractivity contribution in [2.45, 2.75) is 13.0 Å². The average molecular weight is 271 g/mol. The molecular formula is C12H17NO6. The van der Waals surface area contributed by atoms with Crippen molar-refractivity contribution in [1.82, 2.24) is 5.06 Å². The van der Waals surface area contributed by atoms with Gasteiger partial charge in [-0.05, 0) is 13.0 Å². The van der Waals surface area contributed by atoms with E-state index in [-0.39, 0.29) is 11.4 Å². The van der Waals surface area contributed by atoms with Crippen molar-refractivity contribution < 1.29 is 29.1 Å². The van der Waals surface area contributed by atoms with Crippen molar-refractivity contribution in [1.29, 1.82) is 0 Å². The molecule has 7 heteroatoms. The maximum absolute atomic E-state index is 12.1. The maximum Gasteiger partial charge on any atom is 0.314 e. The normalized spacial score (nSPS) is 25.7. The van der Waals surface area contributed by atoms with Gasteiger partial charge in [-0.25, -0.2) is 5.06 Å². The van der Waals surface area contributed by atoms with Gasteiger partial charge in [-0.1, -0.05) is 0 Å². The summed E-state index contributed by atoms with van der Waals surface area (Å²) >= 11 is 0. The number of ether oxygens (including phenoxy) is 1. The van der Waals surface area contributed by atoms with Gasteiger partial charge in [0.15, 0.2) is 5.78 Å². The van der Waals surface area contributed by atoms with E-state index in [1.807, 2.05) is 0 Å². The minimum absolute atomic E-state index is 0.0854. The smallest absolute Gasteiger partial charge is 0.314 e. The molecule has 0 fully saturated rings. The van der Waals surface area contributed by atoms with Crippen molar-refractivity contribution in [3.63, 3.8) is 0 Å². The van der Waals surface area contributed by atoms with Gasteiger partial charge in [-0.2, -0.15) is 0 Å². The summed E-state index contributed by atoms with van der Waals surface area (Å²) in [6.45, 7) is 1.27. The molecule has 106 valence electrons. The highest BCUT2D eigenvalue weighted by atomic mass is 16.7. The SMILES string of the molecule is COC(=O)[C@H]1C(C(C)=O)=CC(O)[C@@H]1C(=O)N(C)OC. The highest BCUT2D eigenvalue weighted by Crippen LogP contribution is 2.35. The van der Waals surface area contributed by atoms with Crippen molar-refractivity contribution in [2.24, 2.45) is 11.8 Å². The first-order valence-corrected chi connectivity index (χ1v) is 5.65. The minimum atomic E-state index is -1.23. The molecule has 1 rings (SSSR count). The highest BCUT2D eigenvalue weighted by molar-refractivity contribution is 6.02. The van der Waals surface area contributed by atoms with Gasteiger partial charge in [0.2, 0.25) is 0 Å². The maximum atomic E-state index is 12.1. The molecule has 1 amide bonds. The van der Waals surface area contributed by atoms with Crippen LogP contribution in [0.1, 0.15) is 6.92 Å². The van der Waals surface area contributed by atoms with Gasteiger partial charge in [0.25, 0.3) is 5.91 Å². The summed E-state index contributed by atoms with van der Waals surface area (Å²) in [5.41, 5.74) is 0.0854. The standard InChI is InChI=1S/C12H17NO6/c1-6(14)7-5-8(15)10(9(7)12(17)18-3)11(16)13(2)19-4/h5,8-10,15H,1-4H3/t8?,9-,10-/m0/s1. The summed E-state index contributed by atoms with van der Waals surface area (Å²) in [5, 5.41) is 10.8. The molecule has 0 bridgehead atoms. The second kappa shape index (κ2) is 5.94. The van der Waals surface area contributed by atoms with Crippen LogP contribution in [0.15, 0.2) is 11.6 Å². The second-order valence-electron chi connectivity index (χ2n) is 4.21. The quantitative estimate of drug-likeness (QED) is 0.537. The Balaban J connectivity index is 3.13. The Morgan fingerprint density at radius 2 is 1.89 bits per heavy atom. The van der Waals surface area contributed by atoms with Gasteiger partial charge in [0.05, 0.1) is 32.2 Å². The summed E-state index contributed by atoms with van der Waals surface area (Å²) < 4.78 is 4.60. The van der Waals surface area contributed by atoms with Crippen LogP contribution >= 0.6 is 0 Å². The molecule has 1 N–H and O–H groups in total. The number of amides is 1. The molecule has 1 aliphatic carbocycles. The van der Waals surface area contributed by atoms with E-state index < -0.39 is 29.8 Å². The van der Waals surface area contributed by atoms with Crippen LogP contribution in [-0.2, 0) is 24.0 Å². The molecule has 0 spiro atoms. The third kappa shape index (κ3) is 2.82. The van der Waals surface area contributed by atoms with Gasteiger partial charge < -0.3 is 9.84 Å². The Kier molecular flexibility index (Phi) is 4.79. The number of methoxy groups -OCH3 is 1. The number of esters is 1. The Bertz CT molecular complexity index is 430. The molecule has 0 radical (unpaired) electrons. The molecule has 0 aromatic heterocycles. The largest absolute Gasteiger partial charge is 0.469 e. The Labute approximate surface area is 110 Å². The number of rotatable bonds is 4. The molecule has 19 heavy (non-hydrogen) atoms. The predicted molar refractivity (Wildman–Crippen MR) is 63.5 cm³/mol. The number of hydrogen-bond donors (Lipinski definition) is 1. The van der Waals surface area contributed by atoms with Gasteiger partial charge in [-0.3, -0.25) is 19.2 Å². The molecule has 0 saturated heterocycles. The molecule has 7 nitrogen and oxygen atoms in total. The number of aliphatic hydroxyl groups is 1. The lowest BCUT2D eigenvalue weighted by Gasteiger charge is -2.25. The zero-order valence-corrected chi connectivity index (χ0v) is 11.2. The molecule has 3 atom stereocenters. The van der Waals surface area contributed by atoms with Gasteiger partial charge in [0.1, 0.15) is 0 Å².